The summed E-state index contributed by atoms with van der Waals surface area (Å²) < 4.78 is 5.66. The third kappa shape index (κ3) is 1.53. The van der Waals surface area contributed by atoms with Crippen molar-refractivity contribution in [2.45, 2.75) is 37.9 Å². The van der Waals surface area contributed by atoms with Crippen molar-refractivity contribution in [1.82, 2.24) is 20.2 Å². The molecule has 7 nitrogen and oxygen atoms in total. The van der Waals surface area contributed by atoms with E-state index in [1.807, 2.05) is 0 Å². The lowest BCUT2D eigenvalue weighted by Gasteiger charge is -2.29. The summed E-state index contributed by atoms with van der Waals surface area (Å²) in [7, 11) is 1.67. The van der Waals surface area contributed by atoms with Crippen LogP contribution in [0.15, 0.2) is 0 Å². The number of hydrogen-bond donors (Lipinski definition) is 1. The number of aliphatic carboxylic acids is 1. The quantitative estimate of drug-likeness (QED) is 0.782. The van der Waals surface area contributed by atoms with Crippen LogP contribution < -0.4 is 0 Å². The first-order valence-corrected chi connectivity index (χ1v) is 5.72. The van der Waals surface area contributed by atoms with Crippen molar-refractivity contribution in [2.75, 3.05) is 0 Å². The number of hydrogen-bond acceptors (Lipinski definition) is 5. The number of rotatable bonds is 3. The number of nitrogens with zero attached hydrogens (tertiary/aromatic N) is 4. The molecule has 3 atom stereocenters. The van der Waals surface area contributed by atoms with Crippen LogP contribution in [0.1, 0.15) is 25.1 Å². The maximum Gasteiger partial charge on any atom is 0.312 e. The van der Waals surface area contributed by atoms with Crippen molar-refractivity contribution in [1.29, 1.82) is 0 Å². The average Bonchev–Trinajstić information content (AvgIpc) is 2.94. The minimum Gasteiger partial charge on any atom is -0.481 e. The fourth-order valence-electron chi connectivity index (χ4n) is 2.96. The van der Waals surface area contributed by atoms with E-state index in [1.54, 1.807) is 7.05 Å². The number of aromatic nitrogens is 4. The smallest absolute Gasteiger partial charge is 0.312 e. The standard InChI is InChI=1S/C10H14N4O3/c1-14-12-8(11-13-14)5-10(9(15)16)4-6-2-3-7(10)17-6/h6-7H,2-5H2,1H3,(H,15,16). The predicted octanol–water partition coefficient (Wildman–Crippen LogP) is -0.225. The first kappa shape index (κ1) is 10.6. The highest BCUT2D eigenvalue weighted by Gasteiger charge is 2.57. The van der Waals surface area contributed by atoms with Gasteiger partial charge in [0, 0.05) is 6.42 Å². The maximum atomic E-state index is 11.6. The summed E-state index contributed by atoms with van der Waals surface area (Å²) in [6.45, 7) is 0. The summed E-state index contributed by atoms with van der Waals surface area (Å²) in [5, 5.41) is 21.2. The van der Waals surface area contributed by atoms with Crippen LogP contribution in [-0.4, -0.2) is 43.5 Å². The Morgan fingerprint density at radius 1 is 1.65 bits per heavy atom. The summed E-state index contributed by atoms with van der Waals surface area (Å²) in [6, 6.07) is 0. The predicted molar refractivity (Wildman–Crippen MR) is 55.1 cm³/mol. The van der Waals surface area contributed by atoms with Gasteiger partial charge >= 0.3 is 5.97 Å². The molecule has 7 heteroatoms. The number of carboxylic acids is 1. The van der Waals surface area contributed by atoms with E-state index >= 15 is 0 Å². The van der Waals surface area contributed by atoms with Gasteiger partial charge < -0.3 is 9.84 Å². The van der Waals surface area contributed by atoms with E-state index in [4.69, 9.17) is 4.74 Å². The molecule has 92 valence electrons. The summed E-state index contributed by atoms with van der Waals surface area (Å²) >= 11 is 0. The molecule has 1 aromatic rings. The van der Waals surface area contributed by atoms with Crippen LogP contribution in [0.2, 0.25) is 0 Å². The van der Waals surface area contributed by atoms with Crippen LogP contribution in [0.3, 0.4) is 0 Å². The molecule has 0 radical (unpaired) electrons. The number of ether oxygens (including phenoxy) is 1. The lowest BCUT2D eigenvalue weighted by atomic mass is 9.71. The maximum absolute atomic E-state index is 11.6. The van der Waals surface area contributed by atoms with Crippen LogP contribution in [-0.2, 0) is 23.0 Å². The van der Waals surface area contributed by atoms with Crippen LogP contribution in [0.25, 0.3) is 0 Å². The highest BCUT2D eigenvalue weighted by molar-refractivity contribution is 5.76. The SMILES string of the molecule is Cn1nnc(CC2(C(=O)O)CC3CCC2O3)n1. The molecule has 17 heavy (non-hydrogen) atoms. The van der Waals surface area contributed by atoms with Gasteiger partial charge in [0.05, 0.1) is 19.3 Å². The third-order valence-electron chi connectivity index (χ3n) is 3.77. The molecule has 3 heterocycles. The summed E-state index contributed by atoms with van der Waals surface area (Å²) in [6.07, 6.45) is 2.54. The van der Waals surface area contributed by atoms with E-state index in [1.165, 1.54) is 4.80 Å². The van der Waals surface area contributed by atoms with Crippen molar-refractivity contribution >= 4 is 5.97 Å². The van der Waals surface area contributed by atoms with Crippen LogP contribution in [0, 0.1) is 5.41 Å². The van der Waals surface area contributed by atoms with Crippen molar-refractivity contribution in [3.63, 3.8) is 0 Å². The number of carboxylic acid groups (broad SMARTS) is 1. The van der Waals surface area contributed by atoms with Crippen LogP contribution >= 0.6 is 0 Å². The number of fused-ring (bicyclic) bond motifs is 2. The van der Waals surface area contributed by atoms with Gasteiger partial charge in [0.25, 0.3) is 0 Å². The fraction of sp³-hybridized carbons (Fsp3) is 0.800. The molecular weight excluding hydrogens is 224 g/mol. The molecule has 2 fully saturated rings. The summed E-state index contributed by atoms with van der Waals surface area (Å²) in [4.78, 5) is 12.9. The van der Waals surface area contributed by atoms with Gasteiger partial charge in [-0.15, -0.1) is 10.2 Å². The van der Waals surface area contributed by atoms with Gasteiger partial charge in [-0.25, -0.2) is 0 Å². The molecule has 0 aromatic carbocycles. The minimum absolute atomic E-state index is 0.0905. The van der Waals surface area contributed by atoms with Gasteiger partial charge in [-0.2, -0.15) is 4.80 Å². The van der Waals surface area contributed by atoms with Gasteiger partial charge in [0.2, 0.25) is 0 Å². The Kier molecular flexibility index (Phi) is 2.19. The summed E-state index contributed by atoms with van der Waals surface area (Å²) in [5.41, 5.74) is -0.855. The van der Waals surface area contributed by atoms with Crippen molar-refractivity contribution in [3.05, 3.63) is 5.82 Å². The molecule has 2 aliphatic heterocycles. The number of tetrazole rings is 1. The molecule has 3 rings (SSSR count). The lowest BCUT2D eigenvalue weighted by Crippen LogP contribution is -2.42. The van der Waals surface area contributed by atoms with E-state index in [9.17, 15) is 9.90 Å². The first-order valence-electron chi connectivity index (χ1n) is 5.72. The largest absolute Gasteiger partial charge is 0.481 e. The molecule has 2 aliphatic rings. The third-order valence-corrected chi connectivity index (χ3v) is 3.77. The normalized spacial score (nSPS) is 35.4. The van der Waals surface area contributed by atoms with Crippen molar-refractivity contribution in [2.24, 2.45) is 12.5 Å². The zero-order valence-corrected chi connectivity index (χ0v) is 9.54. The topological polar surface area (TPSA) is 90.1 Å². The molecule has 0 spiro atoms. The Balaban J connectivity index is 1.89. The molecule has 3 unspecified atom stereocenters. The number of aryl methyl sites for hydroxylation is 1. The van der Waals surface area contributed by atoms with E-state index < -0.39 is 11.4 Å². The number of carbonyl (C=O) groups is 1. The van der Waals surface area contributed by atoms with E-state index in [0.29, 0.717) is 18.7 Å². The Morgan fingerprint density at radius 2 is 2.47 bits per heavy atom. The van der Waals surface area contributed by atoms with E-state index in [-0.39, 0.29) is 12.2 Å². The van der Waals surface area contributed by atoms with Gasteiger partial charge in [0.1, 0.15) is 5.41 Å². The fourth-order valence-corrected chi connectivity index (χ4v) is 2.96. The van der Waals surface area contributed by atoms with Crippen molar-refractivity contribution < 1.29 is 14.6 Å². The second kappa shape index (κ2) is 3.49. The minimum atomic E-state index is -0.855. The molecule has 2 saturated heterocycles. The molecular formula is C10H14N4O3. The van der Waals surface area contributed by atoms with Crippen LogP contribution in [0.5, 0.6) is 0 Å². The second-order valence-electron chi connectivity index (χ2n) is 4.86. The Labute approximate surface area is 97.8 Å². The van der Waals surface area contributed by atoms with Gasteiger partial charge in [-0.3, -0.25) is 4.79 Å². The monoisotopic (exact) mass is 238 g/mol. The molecule has 1 N–H and O–H groups in total. The molecule has 2 bridgehead atoms. The Morgan fingerprint density at radius 3 is 2.94 bits per heavy atom. The Hall–Kier alpha value is -1.50. The highest BCUT2D eigenvalue weighted by atomic mass is 16.5. The van der Waals surface area contributed by atoms with Gasteiger partial charge in [-0.05, 0) is 24.5 Å². The molecule has 1 aromatic heterocycles. The van der Waals surface area contributed by atoms with Gasteiger partial charge in [-0.1, -0.05) is 0 Å². The highest BCUT2D eigenvalue weighted by Crippen LogP contribution is 2.49. The first-order chi connectivity index (χ1) is 8.10. The summed E-state index contributed by atoms with van der Waals surface area (Å²) in [5.74, 6) is -0.330. The van der Waals surface area contributed by atoms with Gasteiger partial charge in [0.15, 0.2) is 5.82 Å². The Bertz CT molecular complexity index is 460. The second-order valence-corrected chi connectivity index (χ2v) is 4.86. The zero-order valence-electron chi connectivity index (χ0n) is 9.54. The van der Waals surface area contributed by atoms with E-state index in [2.05, 4.69) is 15.4 Å². The van der Waals surface area contributed by atoms with E-state index in [0.717, 1.165) is 12.8 Å². The van der Waals surface area contributed by atoms with Crippen LogP contribution in [0.4, 0.5) is 0 Å². The lowest BCUT2D eigenvalue weighted by molar-refractivity contribution is -0.152. The molecule has 0 aliphatic carbocycles. The molecule has 0 saturated carbocycles. The average molecular weight is 238 g/mol. The van der Waals surface area contributed by atoms with Crippen molar-refractivity contribution in [3.8, 4) is 0 Å². The molecule has 0 amide bonds. The zero-order chi connectivity index (χ0) is 12.0.